The number of nitrogens with zero attached hydrogens (tertiary/aromatic N) is 1. The van der Waals surface area contributed by atoms with Crippen LogP contribution in [0.15, 0.2) is 23.2 Å². The highest BCUT2D eigenvalue weighted by molar-refractivity contribution is 8.00. The first-order chi connectivity index (χ1) is 7.99. The van der Waals surface area contributed by atoms with E-state index in [-0.39, 0.29) is 23.4 Å². The second-order valence-electron chi connectivity index (χ2n) is 3.69. The number of amides is 1. The third-order valence-corrected chi connectivity index (χ3v) is 2.76. The summed E-state index contributed by atoms with van der Waals surface area (Å²) in [6, 6.07) is 3.24. The summed E-state index contributed by atoms with van der Waals surface area (Å²) in [5, 5.41) is 11.5. The van der Waals surface area contributed by atoms with Crippen LogP contribution < -0.4 is 5.32 Å². The molecule has 0 radical (unpaired) electrons. The summed E-state index contributed by atoms with van der Waals surface area (Å²) in [5.41, 5.74) is -0.0146. The number of aromatic nitrogens is 1. The zero-order valence-corrected chi connectivity index (χ0v) is 10.5. The summed E-state index contributed by atoms with van der Waals surface area (Å²) in [6.07, 6.45) is 1.42. The van der Waals surface area contributed by atoms with Gasteiger partial charge in [-0.25, -0.2) is 9.78 Å². The number of carboxylic acids is 1. The van der Waals surface area contributed by atoms with Crippen molar-refractivity contribution in [1.29, 1.82) is 0 Å². The number of carboxylic acid groups (broad SMARTS) is 1. The molecular formula is C11H14N2O3S. The van der Waals surface area contributed by atoms with Crippen LogP contribution >= 0.6 is 11.8 Å². The van der Waals surface area contributed by atoms with Gasteiger partial charge in [0.1, 0.15) is 5.69 Å². The van der Waals surface area contributed by atoms with E-state index < -0.39 is 5.97 Å². The van der Waals surface area contributed by atoms with Gasteiger partial charge in [0.05, 0.1) is 5.75 Å². The fraction of sp³-hybridized carbons (Fsp3) is 0.364. The van der Waals surface area contributed by atoms with Crippen LogP contribution in [0.1, 0.15) is 24.3 Å². The van der Waals surface area contributed by atoms with E-state index in [0.717, 1.165) is 4.90 Å². The molecule has 0 saturated heterocycles. The van der Waals surface area contributed by atoms with Gasteiger partial charge in [-0.3, -0.25) is 4.79 Å². The van der Waals surface area contributed by atoms with Crippen LogP contribution in [0, 0.1) is 0 Å². The van der Waals surface area contributed by atoms with Crippen molar-refractivity contribution >= 4 is 23.6 Å². The topological polar surface area (TPSA) is 79.3 Å². The molecule has 0 saturated carbocycles. The number of nitrogens with one attached hydrogen (secondary N) is 1. The Kier molecular flexibility index (Phi) is 4.96. The fourth-order valence-corrected chi connectivity index (χ4v) is 1.86. The number of carbonyl (C=O) groups excluding carboxylic acids is 1. The van der Waals surface area contributed by atoms with E-state index in [9.17, 15) is 9.59 Å². The third kappa shape index (κ3) is 4.86. The highest BCUT2D eigenvalue weighted by atomic mass is 32.2. The summed E-state index contributed by atoms with van der Waals surface area (Å²) in [7, 11) is 0. The second-order valence-corrected chi connectivity index (χ2v) is 4.74. The van der Waals surface area contributed by atoms with Crippen LogP contribution in [-0.2, 0) is 4.79 Å². The van der Waals surface area contributed by atoms with Gasteiger partial charge in [-0.15, -0.1) is 11.8 Å². The van der Waals surface area contributed by atoms with Gasteiger partial charge in [0.25, 0.3) is 0 Å². The lowest BCUT2D eigenvalue weighted by molar-refractivity contribution is -0.119. The predicted molar refractivity (Wildman–Crippen MR) is 65.2 cm³/mol. The summed E-state index contributed by atoms with van der Waals surface area (Å²) in [6.45, 7) is 3.77. The van der Waals surface area contributed by atoms with Crippen molar-refractivity contribution in [2.75, 3.05) is 5.75 Å². The van der Waals surface area contributed by atoms with E-state index in [4.69, 9.17) is 5.11 Å². The predicted octanol–water partition coefficient (Wildman–Crippen LogP) is 1.40. The van der Waals surface area contributed by atoms with Gasteiger partial charge < -0.3 is 10.4 Å². The number of aromatic carboxylic acids is 1. The number of hydrogen-bond acceptors (Lipinski definition) is 4. The Labute approximate surface area is 104 Å². The molecule has 5 nitrogen and oxygen atoms in total. The maximum Gasteiger partial charge on any atom is 0.354 e. The maximum absolute atomic E-state index is 11.4. The van der Waals surface area contributed by atoms with Crippen LogP contribution in [0.4, 0.5) is 0 Å². The average Bonchev–Trinajstić information content (AvgIpc) is 2.26. The molecule has 0 aliphatic carbocycles. The number of hydrogen-bond donors (Lipinski definition) is 2. The van der Waals surface area contributed by atoms with Crippen LogP contribution in [0.25, 0.3) is 0 Å². The van der Waals surface area contributed by atoms with Crippen molar-refractivity contribution in [2.45, 2.75) is 24.8 Å². The SMILES string of the molecule is CC(C)NC(=O)CSc1ccnc(C(=O)O)c1. The van der Waals surface area contributed by atoms with Crippen LogP contribution in [0.5, 0.6) is 0 Å². The molecule has 6 heteroatoms. The lowest BCUT2D eigenvalue weighted by atomic mass is 10.3. The molecular weight excluding hydrogens is 240 g/mol. The van der Waals surface area contributed by atoms with Crippen LogP contribution in [0.2, 0.25) is 0 Å². The Morgan fingerprint density at radius 3 is 2.82 bits per heavy atom. The smallest absolute Gasteiger partial charge is 0.354 e. The maximum atomic E-state index is 11.4. The molecule has 0 bridgehead atoms. The minimum Gasteiger partial charge on any atom is -0.477 e. The van der Waals surface area contributed by atoms with Gasteiger partial charge in [-0.1, -0.05) is 0 Å². The molecule has 0 unspecified atom stereocenters. The Bertz CT molecular complexity index is 421. The Morgan fingerprint density at radius 2 is 2.24 bits per heavy atom. The molecule has 0 aliphatic rings. The number of thioether (sulfide) groups is 1. The fourth-order valence-electron chi connectivity index (χ4n) is 1.13. The summed E-state index contributed by atoms with van der Waals surface area (Å²) >= 11 is 1.29. The van der Waals surface area contributed by atoms with Crippen molar-refractivity contribution in [3.05, 3.63) is 24.0 Å². The number of rotatable bonds is 5. The standard InChI is InChI=1S/C11H14N2O3S/c1-7(2)13-10(14)6-17-8-3-4-12-9(5-8)11(15)16/h3-5,7H,6H2,1-2H3,(H,13,14)(H,15,16). The Balaban J connectivity index is 2.54. The molecule has 2 N–H and O–H groups in total. The molecule has 1 rings (SSSR count). The first-order valence-electron chi connectivity index (χ1n) is 5.10. The van der Waals surface area contributed by atoms with Crippen LogP contribution in [-0.4, -0.2) is 33.8 Å². The van der Waals surface area contributed by atoms with Crippen molar-refractivity contribution in [1.82, 2.24) is 10.3 Å². The molecule has 0 atom stereocenters. The summed E-state index contributed by atoms with van der Waals surface area (Å²) in [4.78, 5) is 26.5. The van der Waals surface area contributed by atoms with E-state index >= 15 is 0 Å². The van der Waals surface area contributed by atoms with Gasteiger partial charge in [0.2, 0.25) is 5.91 Å². The Hall–Kier alpha value is -1.56. The van der Waals surface area contributed by atoms with E-state index in [1.165, 1.54) is 24.0 Å². The minimum absolute atomic E-state index is 0.0146. The number of carbonyl (C=O) groups is 2. The molecule has 0 fully saturated rings. The highest BCUT2D eigenvalue weighted by Gasteiger charge is 2.07. The third-order valence-electron chi connectivity index (χ3n) is 1.77. The van der Waals surface area contributed by atoms with Crippen LogP contribution in [0.3, 0.4) is 0 Å². The molecule has 0 spiro atoms. The molecule has 1 amide bonds. The van der Waals surface area contributed by atoms with Gasteiger partial charge in [-0.05, 0) is 26.0 Å². The van der Waals surface area contributed by atoms with Crippen molar-refractivity contribution < 1.29 is 14.7 Å². The average molecular weight is 254 g/mol. The largest absolute Gasteiger partial charge is 0.477 e. The van der Waals surface area contributed by atoms with Crippen molar-refractivity contribution in [3.8, 4) is 0 Å². The van der Waals surface area contributed by atoms with E-state index in [1.54, 1.807) is 6.07 Å². The second kappa shape index (κ2) is 6.24. The highest BCUT2D eigenvalue weighted by Crippen LogP contribution is 2.17. The minimum atomic E-state index is -1.07. The quantitative estimate of drug-likeness (QED) is 0.776. The molecule has 17 heavy (non-hydrogen) atoms. The van der Waals surface area contributed by atoms with Gasteiger partial charge in [0, 0.05) is 17.1 Å². The van der Waals surface area contributed by atoms with Gasteiger partial charge in [-0.2, -0.15) is 0 Å². The lowest BCUT2D eigenvalue weighted by Crippen LogP contribution is -2.31. The first kappa shape index (κ1) is 13.5. The zero-order chi connectivity index (χ0) is 12.8. The molecule has 0 aromatic carbocycles. The summed E-state index contributed by atoms with van der Waals surface area (Å²) < 4.78 is 0. The number of pyridine rings is 1. The molecule has 92 valence electrons. The summed E-state index contributed by atoms with van der Waals surface area (Å²) in [5.74, 6) is -0.876. The van der Waals surface area contributed by atoms with Crippen molar-refractivity contribution in [3.63, 3.8) is 0 Å². The molecule has 0 aliphatic heterocycles. The van der Waals surface area contributed by atoms with Gasteiger partial charge >= 0.3 is 5.97 Å². The van der Waals surface area contributed by atoms with E-state index in [1.807, 2.05) is 13.8 Å². The van der Waals surface area contributed by atoms with E-state index in [0.29, 0.717) is 0 Å². The monoisotopic (exact) mass is 254 g/mol. The first-order valence-corrected chi connectivity index (χ1v) is 6.09. The van der Waals surface area contributed by atoms with E-state index in [2.05, 4.69) is 10.3 Å². The lowest BCUT2D eigenvalue weighted by Gasteiger charge is -2.07. The van der Waals surface area contributed by atoms with Crippen molar-refractivity contribution in [2.24, 2.45) is 0 Å². The zero-order valence-electron chi connectivity index (χ0n) is 9.64. The molecule has 1 aromatic heterocycles. The Morgan fingerprint density at radius 1 is 1.53 bits per heavy atom. The van der Waals surface area contributed by atoms with Gasteiger partial charge in [0.15, 0.2) is 0 Å². The molecule has 1 heterocycles. The molecule has 1 aromatic rings. The normalized spacial score (nSPS) is 10.3.